The van der Waals surface area contributed by atoms with E-state index in [1.165, 1.54) is 17.7 Å². The molecule has 0 amide bonds. The van der Waals surface area contributed by atoms with E-state index in [1.54, 1.807) is 22.8 Å². The lowest BCUT2D eigenvalue weighted by atomic mass is 9.96. The molecular formula is C23H24BN5OS. The van der Waals surface area contributed by atoms with Crippen LogP contribution in [0.3, 0.4) is 0 Å². The van der Waals surface area contributed by atoms with Crippen LogP contribution in [0.2, 0.25) is 0 Å². The first-order valence-corrected chi connectivity index (χ1v) is 11.5. The molecule has 0 saturated carbocycles. The minimum absolute atomic E-state index is 0.196. The molecule has 1 aliphatic rings. The molecular weight excluding hydrogens is 405 g/mol. The van der Waals surface area contributed by atoms with E-state index in [9.17, 15) is 5.11 Å². The van der Waals surface area contributed by atoms with Crippen LogP contribution >= 0.6 is 11.3 Å². The Morgan fingerprint density at radius 2 is 2.00 bits per heavy atom. The monoisotopic (exact) mass is 429 g/mol. The Morgan fingerprint density at radius 1 is 1.16 bits per heavy atom. The lowest BCUT2D eigenvalue weighted by Crippen LogP contribution is -2.35. The fourth-order valence-corrected chi connectivity index (χ4v) is 4.90. The number of nitrogens with one attached hydrogen (secondary N) is 1. The standard InChI is InChI=1S/C23H24BN5OS/c24-19-14-26-29-22(12-20(27-23(19)29)18-5-1-2-6-21(18)30)25-13-16-7-9-28(10-8-16)15-17-4-3-11-31-17/h1-6,11-12,14,16,25,30H,7-10,13,15H2. The first kappa shape index (κ1) is 20.1. The number of thiophene rings is 1. The molecule has 0 aliphatic carbocycles. The van der Waals surface area contributed by atoms with Crippen molar-refractivity contribution in [3.8, 4) is 17.0 Å². The highest BCUT2D eigenvalue weighted by atomic mass is 32.1. The van der Waals surface area contributed by atoms with Crippen molar-refractivity contribution in [3.63, 3.8) is 0 Å². The molecule has 2 radical (unpaired) electrons. The van der Waals surface area contributed by atoms with Crippen LogP contribution in [0.5, 0.6) is 5.75 Å². The van der Waals surface area contributed by atoms with E-state index in [0.717, 1.165) is 32.0 Å². The molecule has 6 nitrogen and oxygen atoms in total. The summed E-state index contributed by atoms with van der Waals surface area (Å²) in [6, 6.07) is 13.5. The van der Waals surface area contributed by atoms with Crippen LogP contribution in [-0.2, 0) is 6.54 Å². The number of fused-ring (bicyclic) bond motifs is 1. The number of anilines is 1. The van der Waals surface area contributed by atoms with Gasteiger partial charge in [-0.3, -0.25) is 4.90 Å². The van der Waals surface area contributed by atoms with Crippen LogP contribution in [0.1, 0.15) is 17.7 Å². The van der Waals surface area contributed by atoms with Gasteiger partial charge in [-0.15, -0.1) is 11.3 Å². The Hall–Kier alpha value is -2.84. The van der Waals surface area contributed by atoms with Gasteiger partial charge in [-0.05, 0) is 60.9 Å². The summed E-state index contributed by atoms with van der Waals surface area (Å²) in [5, 5.41) is 20.4. The number of hydrogen-bond acceptors (Lipinski definition) is 6. The maximum atomic E-state index is 10.3. The van der Waals surface area contributed by atoms with Crippen LogP contribution < -0.4 is 10.8 Å². The van der Waals surface area contributed by atoms with Crippen LogP contribution in [0.25, 0.3) is 16.9 Å². The summed E-state index contributed by atoms with van der Waals surface area (Å²) < 4.78 is 1.74. The summed E-state index contributed by atoms with van der Waals surface area (Å²) in [6.07, 6.45) is 3.95. The highest BCUT2D eigenvalue weighted by Crippen LogP contribution is 2.29. The zero-order valence-corrected chi connectivity index (χ0v) is 18.1. The number of benzene rings is 1. The van der Waals surface area contributed by atoms with Crippen LogP contribution in [0.4, 0.5) is 5.82 Å². The summed E-state index contributed by atoms with van der Waals surface area (Å²) in [6.45, 7) is 4.16. The van der Waals surface area contributed by atoms with E-state index in [4.69, 9.17) is 7.85 Å². The zero-order chi connectivity index (χ0) is 21.2. The number of para-hydroxylation sites is 1. The number of rotatable bonds is 6. The molecule has 1 fully saturated rings. The van der Waals surface area contributed by atoms with Gasteiger partial charge in [0.25, 0.3) is 0 Å². The number of aromatic nitrogens is 3. The topological polar surface area (TPSA) is 65.7 Å². The third kappa shape index (κ3) is 4.31. The van der Waals surface area contributed by atoms with E-state index >= 15 is 0 Å². The number of likely N-dealkylation sites (tertiary alicyclic amines) is 1. The van der Waals surface area contributed by atoms with Gasteiger partial charge in [0.15, 0.2) is 5.65 Å². The van der Waals surface area contributed by atoms with Crippen molar-refractivity contribution in [1.82, 2.24) is 19.5 Å². The van der Waals surface area contributed by atoms with Crippen LogP contribution in [0, 0.1) is 5.92 Å². The number of phenols is 1. The molecule has 0 spiro atoms. The highest BCUT2D eigenvalue weighted by Gasteiger charge is 2.20. The summed E-state index contributed by atoms with van der Waals surface area (Å²) >= 11 is 1.83. The van der Waals surface area contributed by atoms with Gasteiger partial charge in [0, 0.05) is 35.8 Å². The van der Waals surface area contributed by atoms with Crippen molar-refractivity contribution in [2.75, 3.05) is 25.0 Å². The van der Waals surface area contributed by atoms with E-state index in [1.807, 2.05) is 29.5 Å². The quantitative estimate of drug-likeness (QED) is 0.461. The van der Waals surface area contributed by atoms with E-state index in [-0.39, 0.29) is 5.75 Å². The Labute approximate surface area is 187 Å². The number of phenolic OH excluding ortho intramolecular Hbond substituents is 1. The molecule has 8 heteroatoms. The predicted octanol–water partition coefficient (Wildman–Crippen LogP) is 3.28. The average Bonchev–Trinajstić information content (AvgIpc) is 3.43. The first-order chi connectivity index (χ1) is 15.2. The fourth-order valence-electron chi connectivity index (χ4n) is 4.15. The third-order valence-electron chi connectivity index (χ3n) is 5.92. The fraction of sp³-hybridized carbons (Fsp3) is 0.304. The lowest BCUT2D eigenvalue weighted by molar-refractivity contribution is 0.183. The summed E-state index contributed by atoms with van der Waals surface area (Å²) in [5.41, 5.74) is 2.46. The molecule has 31 heavy (non-hydrogen) atoms. The number of hydrogen-bond donors (Lipinski definition) is 2. The Balaban J connectivity index is 1.30. The number of piperidine rings is 1. The van der Waals surface area contributed by atoms with Gasteiger partial charge >= 0.3 is 0 Å². The predicted molar refractivity (Wildman–Crippen MR) is 126 cm³/mol. The van der Waals surface area contributed by atoms with Gasteiger partial charge in [0.05, 0.1) is 5.69 Å². The van der Waals surface area contributed by atoms with Gasteiger partial charge in [0.2, 0.25) is 0 Å². The molecule has 1 aliphatic heterocycles. The molecule has 4 heterocycles. The highest BCUT2D eigenvalue weighted by molar-refractivity contribution is 7.09. The number of nitrogens with zero attached hydrogens (tertiary/aromatic N) is 4. The van der Waals surface area contributed by atoms with Gasteiger partial charge in [-0.1, -0.05) is 18.2 Å². The van der Waals surface area contributed by atoms with Crippen molar-refractivity contribution in [3.05, 3.63) is 58.9 Å². The molecule has 1 saturated heterocycles. The Morgan fingerprint density at radius 3 is 2.77 bits per heavy atom. The van der Waals surface area contributed by atoms with Crippen molar-refractivity contribution in [2.45, 2.75) is 19.4 Å². The maximum Gasteiger partial charge on any atom is 0.150 e. The third-order valence-corrected chi connectivity index (χ3v) is 6.78. The first-order valence-electron chi connectivity index (χ1n) is 10.6. The van der Waals surface area contributed by atoms with Gasteiger partial charge < -0.3 is 10.4 Å². The summed E-state index contributed by atoms with van der Waals surface area (Å²) in [4.78, 5) is 8.61. The number of aromatic hydroxyl groups is 1. The second-order valence-corrected chi connectivity index (χ2v) is 9.09. The smallest absolute Gasteiger partial charge is 0.150 e. The molecule has 156 valence electrons. The largest absolute Gasteiger partial charge is 0.507 e. The second-order valence-electron chi connectivity index (χ2n) is 8.06. The molecule has 5 rings (SSSR count). The van der Waals surface area contributed by atoms with Crippen LogP contribution in [0.15, 0.2) is 54.0 Å². The van der Waals surface area contributed by atoms with Crippen molar-refractivity contribution >= 4 is 36.1 Å². The van der Waals surface area contributed by atoms with E-state index < -0.39 is 0 Å². The summed E-state index contributed by atoms with van der Waals surface area (Å²) in [5.74, 6) is 1.63. The van der Waals surface area contributed by atoms with Crippen molar-refractivity contribution < 1.29 is 5.11 Å². The second kappa shape index (κ2) is 8.73. The van der Waals surface area contributed by atoms with Gasteiger partial charge in [0.1, 0.15) is 19.4 Å². The molecule has 1 aromatic carbocycles. The average molecular weight is 429 g/mol. The normalized spacial score (nSPS) is 15.5. The van der Waals surface area contributed by atoms with Crippen LogP contribution in [-0.4, -0.2) is 52.1 Å². The minimum atomic E-state index is 0.196. The van der Waals surface area contributed by atoms with Gasteiger partial charge in [-0.2, -0.15) is 9.61 Å². The van der Waals surface area contributed by atoms with Crippen molar-refractivity contribution in [1.29, 1.82) is 0 Å². The Bertz CT molecular complexity index is 1170. The SMILES string of the molecule is [B]c1cnn2c(NCC3CCN(Cc4cccs4)CC3)cc(-c3ccccc3O)nc12. The lowest BCUT2D eigenvalue weighted by Gasteiger charge is -2.31. The summed E-state index contributed by atoms with van der Waals surface area (Å²) in [7, 11) is 6.10. The molecule has 4 aromatic rings. The molecule has 0 atom stereocenters. The zero-order valence-electron chi connectivity index (χ0n) is 17.2. The molecule has 0 unspecified atom stereocenters. The Kier molecular flexibility index (Phi) is 5.65. The maximum absolute atomic E-state index is 10.3. The van der Waals surface area contributed by atoms with Gasteiger partial charge in [-0.25, -0.2) is 4.98 Å². The van der Waals surface area contributed by atoms with E-state index in [0.29, 0.717) is 28.3 Å². The molecule has 3 aromatic heterocycles. The molecule has 0 bridgehead atoms. The molecule has 2 N–H and O–H groups in total. The van der Waals surface area contributed by atoms with E-state index in [2.05, 4.69) is 37.8 Å². The minimum Gasteiger partial charge on any atom is -0.507 e. The van der Waals surface area contributed by atoms with Crippen molar-refractivity contribution in [2.24, 2.45) is 5.92 Å².